The minimum atomic E-state index is -0.455. The smallest absolute Gasteiger partial charge is 0.308 e. The molecular formula is C14H12O3. The molecule has 2 rings (SSSR count). The van der Waals surface area contributed by atoms with Crippen molar-refractivity contribution in [1.29, 1.82) is 0 Å². The fourth-order valence-corrected chi connectivity index (χ4v) is 1.62. The van der Waals surface area contributed by atoms with Gasteiger partial charge in [0.25, 0.3) is 0 Å². The quantitative estimate of drug-likeness (QED) is 0.635. The Bertz CT molecular complexity index is 532. The first-order valence-corrected chi connectivity index (χ1v) is 5.24. The van der Waals surface area contributed by atoms with Crippen LogP contribution >= 0.6 is 0 Å². The van der Waals surface area contributed by atoms with Crippen LogP contribution in [0.25, 0.3) is 11.1 Å². The number of para-hydroxylation sites is 1. The van der Waals surface area contributed by atoms with Crippen molar-refractivity contribution in [2.75, 3.05) is 0 Å². The normalized spacial score (nSPS) is 9.94. The van der Waals surface area contributed by atoms with E-state index in [1.54, 1.807) is 12.1 Å². The van der Waals surface area contributed by atoms with Crippen LogP contribution in [0.15, 0.2) is 48.5 Å². The van der Waals surface area contributed by atoms with Gasteiger partial charge >= 0.3 is 5.97 Å². The Hall–Kier alpha value is -2.29. The molecule has 0 bridgehead atoms. The lowest BCUT2D eigenvalue weighted by atomic mass is 10.0. The van der Waals surface area contributed by atoms with Crippen molar-refractivity contribution in [3.05, 3.63) is 48.5 Å². The van der Waals surface area contributed by atoms with Gasteiger partial charge in [-0.05, 0) is 11.6 Å². The van der Waals surface area contributed by atoms with Crippen molar-refractivity contribution in [1.82, 2.24) is 0 Å². The summed E-state index contributed by atoms with van der Waals surface area (Å²) in [4.78, 5) is 11.0. The molecule has 0 aliphatic rings. The third kappa shape index (κ3) is 2.45. The number of rotatable bonds is 2. The second kappa shape index (κ2) is 4.70. The second-order valence-corrected chi connectivity index (χ2v) is 3.61. The van der Waals surface area contributed by atoms with Gasteiger partial charge in [-0.1, -0.05) is 42.5 Å². The lowest BCUT2D eigenvalue weighted by Gasteiger charge is -2.10. The summed E-state index contributed by atoms with van der Waals surface area (Å²) in [5.41, 5.74) is 1.58. The fourth-order valence-electron chi connectivity index (χ4n) is 1.62. The highest BCUT2D eigenvalue weighted by molar-refractivity contribution is 5.79. The van der Waals surface area contributed by atoms with E-state index in [9.17, 15) is 9.90 Å². The Balaban J connectivity index is 2.54. The van der Waals surface area contributed by atoms with E-state index < -0.39 is 5.97 Å². The lowest BCUT2D eigenvalue weighted by Crippen LogP contribution is -2.02. The largest absolute Gasteiger partial charge is 0.504 e. The summed E-state index contributed by atoms with van der Waals surface area (Å²) in [5.74, 6) is -0.295. The second-order valence-electron chi connectivity index (χ2n) is 3.61. The number of ether oxygens (including phenoxy) is 1. The van der Waals surface area contributed by atoms with Crippen LogP contribution in [0.2, 0.25) is 0 Å². The van der Waals surface area contributed by atoms with Crippen LogP contribution in [0, 0.1) is 0 Å². The molecule has 0 saturated heterocycles. The minimum Gasteiger partial charge on any atom is -0.504 e. The van der Waals surface area contributed by atoms with E-state index in [0.29, 0.717) is 5.56 Å². The van der Waals surface area contributed by atoms with Gasteiger partial charge in [-0.15, -0.1) is 0 Å². The third-order valence-electron chi connectivity index (χ3n) is 2.32. The van der Waals surface area contributed by atoms with E-state index in [0.717, 1.165) is 5.56 Å². The maximum Gasteiger partial charge on any atom is 0.308 e. The number of esters is 1. The molecule has 86 valence electrons. The van der Waals surface area contributed by atoms with E-state index in [1.807, 2.05) is 30.3 Å². The van der Waals surface area contributed by atoms with Gasteiger partial charge in [0, 0.05) is 12.5 Å². The topological polar surface area (TPSA) is 46.5 Å². The molecule has 0 heterocycles. The number of hydrogen-bond acceptors (Lipinski definition) is 3. The molecule has 0 radical (unpaired) electrons. The molecular weight excluding hydrogens is 216 g/mol. The van der Waals surface area contributed by atoms with Gasteiger partial charge < -0.3 is 9.84 Å². The van der Waals surface area contributed by atoms with Crippen LogP contribution in [0.5, 0.6) is 11.5 Å². The summed E-state index contributed by atoms with van der Waals surface area (Å²) >= 11 is 0. The zero-order chi connectivity index (χ0) is 12.3. The first kappa shape index (κ1) is 11.2. The number of benzene rings is 2. The molecule has 2 aromatic rings. The molecule has 3 heteroatoms. The van der Waals surface area contributed by atoms with Gasteiger partial charge in [-0.2, -0.15) is 0 Å². The zero-order valence-electron chi connectivity index (χ0n) is 9.38. The molecule has 0 spiro atoms. The molecule has 3 nitrogen and oxygen atoms in total. The molecule has 0 atom stereocenters. The molecule has 2 aromatic carbocycles. The van der Waals surface area contributed by atoms with Crippen molar-refractivity contribution in [3.8, 4) is 22.6 Å². The summed E-state index contributed by atoms with van der Waals surface area (Å²) in [6.07, 6.45) is 0. The van der Waals surface area contributed by atoms with Gasteiger partial charge in [0.05, 0.1) is 0 Å². The molecule has 0 amide bonds. The molecule has 0 aliphatic heterocycles. The first-order valence-electron chi connectivity index (χ1n) is 5.24. The van der Waals surface area contributed by atoms with Gasteiger partial charge in [0.15, 0.2) is 11.5 Å². The fraction of sp³-hybridized carbons (Fsp3) is 0.0714. The summed E-state index contributed by atoms with van der Waals surface area (Å²) in [6.45, 7) is 1.31. The predicted molar refractivity (Wildman–Crippen MR) is 64.9 cm³/mol. The average Bonchev–Trinajstić information content (AvgIpc) is 2.32. The van der Waals surface area contributed by atoms with Crippen LogP contribution in [0.4, 0.5) is 0 Å². The summed E-state index contributed by atoms with van der Waals surface area (Å²) < 4.78 is 5.04. The maximum atomic E-state index is 11.0. The van der Waals surface area contributed by atoms with E-state index in [1.165, 1.54) is 13.0 Å². The number of phenolic OH excluding ortho intramolecular Hbond substituents is 1. The molecule has 0 aliphatic carbocycles. The lowest BCUT2D eigenvalue weighted by molar-refractivity contribution is -0.131. The van der Waals surface area contributed by atoms with Gasteiger partial charge in [-0.3, -0.25) is 4.79 Å². The van der Waals surface area contributed by atoms with E-state index in [2.05, 4.69) is 0 Å². The predicted octanol–water partition coefficient (Wildman–Crippen LogP) is 2.98. The van der Waals surface area contributed by atoms with Gasteiger partial charge in [0.2, 0.25) is 0 Å². The van der Waals surface area contributed by atoms with Crippen LogP contribution in [-0.4, -0.2) is 11.1 Å². The molecule has 17 heavy (non-hydrogen) atoms. The van der Waals surface area contributed by atoms with Crippen LogP contribution < -0.4 is 4.74 Å². The Morgan fingerprint density at radius 2 is 1.76 bits per heavy atom. The number of carbonyl (C=O) groups excluding carboxylic acids is 1. The standard InChI is InChI=1S/C14H12O3/c1-10(15)17-14-12(8-5-9-13(14)16)11-6-3-2-4-7-11/h2-9,16H,1H3. The summed E-state index contributed by atoms with van der Waals surface area (Å²) in [5, 5.41) is 9.72. The van der Waals surface area contributed by atoms with Gasteiger partial charge in [0.1, 0.15) is 0 Å². The molecule has 0 fully saturated rings. The van der Waals surface area contributed by atoms with E-state index in [4.69, 9.17) is 4.74 Å². The zero-order valence-corrected chi connectivity index (χ0v) is 9.38. The Kier molecular flexibility index (Phi) is 3.10. The minimum absolute atomic E-state index is 0.0402. The SMILES string of the molecule is CC(=O)Oc1c(O)cccc1-c1ccccc1. The number of aromatic hydroxyl groups is 1. The van der Waals surface area contributed by atoms with Gasteiger partial charge in [-0.25, -0.2) is 0 Å². The van der Waals surface area contributed by atoms with E-state index >= 15 is 0 Å². The summed E-state index contributed by atoms with van der Waals surface area (Å²) in [6, 6.07) is 14.5. The number of phenols is 1. The molecule has 0 unspecified atom stereocenters. The monoisotopic (exact) mass is 228 g/mol. The van der Waals surface area contributed by atoms with Crippen LogP contribution in [-0.2, 0) is 4.79 Å². The highest BCUT2D eigenvalue weighted by Crippen LogP contribution is 2.37. The van der Waals surface area contributed by atoms with Crippen molar-refractivity contribution < 1.29 is 14.6 Å². The summed E-state index contributed by atoms with van der Waals surface area (Å²) in [7, 11) is 0. The molecule has 1 N–H and O–H groups in total. The van der Waals surface area contributed by atoms with Crippen LogP contribution in [0.1, 0.15) is 6.92 Å². The molecule has 0 aromatic heterocycles. The maximum absolute atomic E-state index is 11.0. The molecule has 0 saturated carbocycles. The number of carbonyl (C=O) groups is 1. The Morgan fingerprint density at radius 1 is 1.06 bits per heavy atom. The highest BCUT2D eigenvalue weighted by Gasteiger charge is 2.12. The van der Waals surface area contributed by atoms with Crippen molar-refractivity contribution in [3.63, 3.8) is 0 Å². The highest BCUT2D eigenvalue weighted by atomic mass is 16.5. The van der Waals surface area contributed by atoms with Crippen molar-refractivity contribution in [2.24, 2.45) is 0 Å². The Labute approximate surface area is 99.3 Å². The average molecular weight is 228 g/mol. The van der Waals surface area contributed by atoms with Crippen molar-refractivity contribution >= 4 is 5.97 Å². The van der Waals surface area contributed by atoms with E-state index in [-0.39, 0.29) is 11.5 Å². The Morgan fingerprint density at radius 3 is 2.41 bits per heavy atom. The first-order chi connectivity index (χ1) is 8.18. The van der Waals surface area contributed by atoms with Crippen molar-refractivity contribution in [2.45, 2.75) is 6.92 Å². The number of hydrogen-bond donors (Lipinski definition) is 1. The van der Waals surface area contributed by atoms with Crippen LogP contribution in [0.3, 0.4) is 0 Å². The third-order valence-corrected chi connectivity index (χ3v) is 2.32.